The smallest absolute Gasteiger partial charge is 0.258 e. The molecular formula is C25H22Cl3NO4S. The molecule has 178 valence electrons. The molecule has 0 spiro atoms. The molecule has 4 rings (SSSR count). The van der Waals surface area contributed by atoms with Gasteiger partial charge in [-0.3, -0.25) is 4.79 Å². The monoisotopic (exact) mass is 537 g/mol. The number of carbonyl (C=O) groups is 1. The number of fused-ring (bicyclic) bond motifs is 1. The van der Waals surface area contributed by atoms with Crippen molar-refractivity contribution in [2.45, 2.75) is 23.5 Å². The summed E-state index contributed by atoms with van der Waals surface area (Å²) in [6.45, 7) is 1.69. The van der Waals surface area contributed by atoms with Gasteiger partial charge >= 0.3 is 0 Å². The van der Waals surface area contributed by atoms with Crippen molar-refractivity contribution >= 4 is 56.2 Å². The molecule has 9 heteroatoms. The second kappa shape index (κ2) is 9.88. The number of carbonyl (C=O) groups excluding carboxylic acids is 1. The van der Waals surface area contributed by atoms with Crippen LogP contribution in [0.1, 0.15) is 33.7 Å². The van der Waals surface area contributed by atoms with Gasteiger partial charge in [-0.05, 0) is 71.8 Å². The highest BCUT2D eigenvalue weighted by Crippen LogP contribution is 2.46. The van der Waals surface area contributed by atoms with Crippen LogP contribution in [0.15, 0.2) is 65.6 Å². The lowest BCUT2D eigenvalue weighted by molar-refractivity contribution is 0.102. The van der Waals surface area contributed by atoms with Crippen LogP contribution in [-0.2, 0) is 16.3 Å². The van der Waals surface area contributed by atoms with Gasteiger partial charge in [0.1, 0.15) is 0 Å². The molecule has 3 aromatic rings. The van der Waals surface area contributed by atoms with Crippen LogP contribution in [0.4, 0.5) is 5.69 Å². The SMILES string of the molecule is C[C@@H]1C(S(=O)(=O)c2cccc(Cl)c2)c2cc(NC(=O)c3c(Cl)cccc3Cl)ccc2C[C@H]1CO. The average molecular weight is 539 g/mol. The second-order valence-electron chi connectivity index (χ2n) is 8.39. The molecule has 1 aliphatic carbocycles. The van der Waals surface area contributed by atoms with Crippen LogP contribution in [0, 0.1) is 11.8 Å². The van der Waals surface area contributed by atoms with Gasteiger partial charge in [-0.2, -0.15) is 0 Å². The maximum Gasteiger partial charge on any atom is 0.258 e. The van der Waals surface area contributed by atoms with E-state index in [1.54, 1.807) is 48.5 Å². The van der Waals surface area contributed by atoms with E-state index in [2.05, 4.69) is 5.32 Å². The predicted octanol–water partition coefficient (Wildman–Crippen LogP) is 6.21. The average Bonchev–Trinajstić information content (AvgIpc) is 2.78. The summed E-state index contributed by atoms with van der Waals surface area (Å²) in [4.78, 5) is 13.0. The molecular weight excluding hydrogens is 517 g/mol. The lowest BCUT2D eigenvalue weighted by atomic mass is 9.76. The Morgan fingerprint density at radius 2 is 1.71 bits per heavy atom. The number of anilines is 1. The standard InChI is InChI=1S/C25H22Cl3NO4S/c1-14-16(13-30)10-15-8-9-18(29-25(31)23-21(27)6-3-7-22(23)28)12-20(15)24(14)34(32,33)19-5-2-4-17(26)11-19/h2-9,11-12,14,16,24,30H,10,13H2,1H3,(H,29,31)/t14-,16-,24?/m0/s1. The first-order valence-corrected chi connectivity index (χ1v) is 13.3. The van der Waals surface area contributed by atoms with E-state index < -0.39 is 21.0 Å². The van der Waals surface area contributed by atoms with E-state index in [1.807, 2.05) is 6.92 Å². The van der Waals surface area contributed by atoms with Crippen molar-refractivity contribution in [3.8, 4) is 0 Å². The third kappa shape index (κ3) is 4.70. The Balaban J connectivity index is 1.77. The number of amides is 1. The third-order valence-electron chi connectivity index (χ3n) is 6.30. The van der Waals surface area contributed by atoms with Gasteiger partial charge in [0.2, 0.25) is 0 Å². The Morgan fingerprint density at radius 1 is 1.03 bits per heavy atom. The number of rotatable bonds is 5. The number of aliphatic hydroxyl groups is 1. The van der Waals surface area contributed by atoms with Gasteiger partial charge in [0.15, 0.2) is 9.84 Å². The first kappa shape index (κ1) is 25.0. The molecule has 0 saturated heterocycles. The molecule has 3 atom stereocenters. The number of sulfone groups is 1. The minimum Gasteiger partial charge on any atom is -0.396 e. The van der Waals surface area contributed by atoms with Gasteiger partial charge in [-0.1, -0.05) is 59.9 Å². The molecule has 5 nitrogen and oxygen atoms in total. The molecule has 0 aliphatic heterocycles. The third-order valence-corrected chi connectivity index (χ3v) is 9.42. The van der Waals surface area contributed by atoms with Crippen molar-refractivity contribution in [3.63, 3.8) is 0 Å². The largest absolute Gasteiger partial charge is 0.396 e. The van der Waals surface area contributed by atoms with Crippen LogP contribution < -0.4 is 5.32 Å². The summed E-state index contributed by atoms with van der Waals surface area (Å²) in [6.07, 6.45) is 0.527. The fourth-order valence-electron chi connectivity index (χ4n) is 4.50. The van der Waals surface area contributed by atoms with Gasteiger partial charge < -0.3 is 10.4 Å². The maximum absolute atomic E-state index is 13.8. The molecule has 0 aromatic heterocycles. The number of aliphatic hydroxyl groups excluding tert-OH is 1. The Labute approximate surface area is 213 Å². The topological polar surface area (TPSA) is 83.5 Å². The summed E-state index contributed by atoms with van der Waals surface area (Å²) >= 11 is 18.4. The molecule has 0 fully saturated rings. The Bertz CT molecular complexity index is 1340. The highest BCUT2D eigenvalue weighted by Gasteiger charge is 2.42. The van der Waals surface area contributed by atoms with Crippen LogP contribution in [0.2, 0.25) is 15.1 Å². The number of nitrogens with one attached hydrogen (secondary N) is 1. The molecule has 0 radical (unpaired) electrons. The van der Waals surface area contributed by atoms with E-state index in [4.69, 9.17) is 34.8 Å². The number of hydrogen-bond acceptors (Lipinski definition) is 4. The first-order chi connectivity index (χ1) is 16.1. The van der Waals surface area contributed by atoms with Crippen molar-refractivity contribution in [2.75, 3.05) is 11.9 Å². The molecule has 3 aromatic carbocycles. The number of benzene rings is 3. The van der Waals surface area contributed by atoms with Crippen molar-refractivity contribution < 1.29 is 18.3 Å². The summed E-state index contributed by atoms with van der Waals surface area (Å²) in [5.41, 5.74) is 1.95. The van der Waals surface area contributed by atoms with Crippen LogP contribution >= 0.6 is 34.8 Å². The fraction of sp³-hybridized carbons (Fsp3) is 0.240. The molecule has 0 saturated carbocycles. The summed E-state index contributed by atoms with van der Waals surface area (Å²) in [7, 11) is -3.85. The zero-order valence-corrected chi connectivity index (χ0v) is 21.2. The lowest BCUT2D eigenvalue weighted by Gasteiger charge is -2.37. The predicted molar refractivity (Wildman–Crippen MR) is 136 cm³/mol. The van der Waals surface area contributed by atoms with Gasteiger partial charge in [0, 0.05) is 17.3 Å². The van der Waals surface area contributed by atoms with Gasteiger partial charge in [-0.15, -0.1) is 0 Å². The summed E-state index contributed by atoms with van der Waals surface area (Å²) < 4.78 is 27.5. The molecule has 1 unspecified atom stereocenters. The molecule has 0 bridgehead atoms. The molecule has 34 heavy (non-hydrogen) atoms. The molecule has 2 N–H and O–H groups in total. The van der Waals surface area contributed by atoms with E-state index in [0.29, 0.717) is 22.7 Å². The Morgan fingerprint density at radius 3 is 2.35 bits per heavy atom. The van der Waals surface area contributed by atoms with E-state index >= 15 is 0 Å². The van der Waals surface area contributed by atoms with Gasteiger partial charge in [-0.25, -0.2) is 8.42 Å². The fourth-order valence-corrected chi connectivity index (χ4v) is 7.52. The Hall–Kier alpha value is -2.09. The quantitative estimate of drug-likeness (QED) is 0.404. The molecule has 1 amide bonds. The van der Waals surface area contributed by atoms with Crippen LogP contribution in [0.3, 0.4) is 0 Å². The number of halogens is 3. The van der Waals surface area contributed by atoms with E-state index in [-0.39, 0.29) is 38.9 Å². The number of hydrogen-bond donors (Lipinski definition) is 2. The van der Waals surface area contributed by atoms with E-state index in [9.17, 15) is 18.3 Å². The minimum absolute atomic E-state index is 0.110. The van der Waals surface area contributed by atoms with Gasteiger partial charge in [0.25, 0.3) is 5.91 Å². The first-order valence-electron chi connectivity index (χ1n) is 10.6. The van der Waals surface area contributed by atoms with E-state index in [0.717, 1.165) is 5.56 Å². The zero-order valence-electron chi connectivity index (χ0n) is 18.1. The summed E-state index contributed by atoms with van der Waals surface area (Å²) in [5.74, 6) is -1.10. The van der Waals surface area contributed by atoms with Crippen molar-refractivity contribution in [1.82, 2.24) is 0 Å². The molecule has 0 heterocycles. The maximum atomic E-state index is 13.8. The Kier molecular flexibility index (Phi) is 7.27. The van der Waals surface area contributed by atoms with Crippen LogP contribution in [-0.4, -0.2) is 26.0 Å². The van der Waals surface area contributed by atoms with Crippen LogP contribution in [0.5, 0.6) is 0 Å². The van der Waals surface area contributed by atoms with Crippen molar-refractivity contribution in [3.05, 3.63) is 92.4 Å². The van der Waals surface area contributed by atoms with E-state index in [1.165, 1.54) is 12.1 Å². The normalized spacial score (nSPS) is 20.0. The van der Waals surface area contributed by atoms with Crippen molar-refractivity contribution in [1.29, 1.82) is 0 Å². The van der Waals surface area contributed by atoms with Crippen molar-refractivity contribution in [2.24, 2.45) is 11.8 Å². The summed E-state index contributed by atoms with van der Waals surface area (Å²) in [6, 6.07) is 16.1. The minimum atomic E-state index is -3.85. The molecule has 1 aliphatic rings. The zero-order chi connectivity index (χ0) is 24.6. The highest BCUT2D eigenvalue weighted by atomic mass is 35.5. The van der Waals surface area contributed by atoms with Gasteiger partial charge in [0.05, 0.1) is 25.8 Å². The van der Waals surface area contributed by atoms with Crippen LogP contribution in [0.25, 0.3) is 0 Å². The highest BCUT2D eigenvalue weighted by molar-refractivity contribution is 7.91. The summed E-state index contributed by atoms with van der Waals surface area (Å²) in [5, 5.41) is 12.5. The second-order valence-corrected chi connectivity index (χ2v) is 11.7. The lowest BCUT2D eigenvalue weighted by Crippen LogP contribution is -2.34.